The van der Waals surface area contributed by atoms with Gasteiger partial charge in [0.05, 0.1) is 5.02 Å². The van der Waals surface area contributed by atoms with E-state index < -0.39 is 10.0 Å². The minimum absolute atomic E-state index is 0.139. The number of ether oxygens (including phenoxy) is 1. The molecular weight excluding hydrogens is 312 g/mol. The van der Waals surface area contributed by atoms with Crippen molar-refractivity contribution in [3.63, 3.8) is 0 Å². The molecule has 1 aromatic carbocycles. The molecule has 1 unspecified atom stereocenters. The molecule has 21 heavy (non-hydrogen) atoms. The second-order valence-corrected chi connectivity index (χ2v) is 7.35. The summed E-state index contributed by atoms with van der Waals surface area (Å²) in [6.45, 7) is 2.50. The van der Waals surface area contributed by atoms with Crippen LogP contribution in [0.4, 0.5) is 0 Å². The number of rotatable bonds is 7. The van der Waals surface area contributed by atoms with E-state index in [0.29, 0.717) is 19.0 Å². The number of hydrogen-bond acceptors (Lipinski definition) is 4. The van der Waals surface area contributed by atoms with Crippen LogP contribution in [0.1, 0.15) is 18.4 Å². The predicted octanol–water partition coefficient (Wildman–Crippen LogP) is 1.76. The maximum atomic E-state index is 12.3. The van der Waals surface area contributed by atoms with Crippen molar-refractivity contribution in [2.45, 2.75) is 24.3 Å². The van der Waals surface area contributed by atoms with Crippen molar-refractivity contribution >= 4 is 21.6 Å². The normalized spacial score (nSPS) is 19.0. The lowest BCUT2D eigenvalue weighted by molar-refractivity contribution is 0.184. The monoisotopic (exact) mass is 332 g/mol. The zero-order chi connectivity index (χ0) is 15.3. The van der Waals surface area contributed by atoms with Crippen molar-refractivity contribution in [3.05, 3.63) is 28.8 Å². The Bertz CT molecular complexity index is 572. The molecule has 118 valence electrons. The predicted molar refractivity (Wildman–Crippen MR) is 82.9 cm³/mol. The van der Waals surface area contributed by atoms with Crippen molar-refractivity contribution in [2.75, 3.05) is 26.8 Å². The Morgan fingerprint density at radius 3 is 2.90 bits per heavy atom. The van der Waals surface area contributed by atoms with Gasteiger partial charge in [-0.3, -0.25) is 0 Å². The number of sulfonamides is 1. The van der Waals surface area contributed by atoms with Crippen LogP contribution in [0.3, 0.4) is 0 Å². The lowest BCUT2D eigenvalue weighted by Crippen LogP contribution is -2.26. The van der Waals surface area contributed by atoms with E-state index >= 15 is 0 Å². The lowest BCUT2D eigenvalue weighted by Gasteiger charge is -2.12. The number of benzene rings is 1. The fourth-order valence-electron chi connectivity index (χ4n) is 2.35. The smallest absolute Gasteiger partial charge is 0.242 e. The molecular formula is C14H21ClN2O3S. The summed E-state index contributed by atoms with van der Waals surface area (Å²) < 4.78 is 32.6. The first-order chi connectivity index (χ1) is 10.0. The Morgan fingerprint density at radius 1 is 1.43 bits per heavy atom. The Kier molecular flexibility index (Phi) is 6.01. The average molecular weight is 333 g/mol. The molecule has 0 aliphatic carbocycles. The summed E-state index contributed by atoms with van der Waals surface area (Å²) in [5.41, 5.74) is 0.881. The molecule has 0 spiro atoms. The first-order valence-electron chi connectivity index (χ1n) is 7.03. The molecule has 1 fully saturated rings. The highest BCUT2D eigenvalue weighted by Gasteiger charge is 2.20. The van der Waals surface area contributed by atoms with Gasteiger partial charge in [0.1, 0.15) is 4.90 Å². The minimum atomic E-state index is -3.57. The van der Waals surface area contributed by atoms with Gasteiger partial charge in [-0.25, -0.2) is 13.1 Å². The van der Waals surface area contributed by atoms with E-state index in [1.54, 1.807) is 12.1 Å². The number of halogens is 1. The molecule has 1 aliphatic rings. The number of nitrogens with one attached hydrogen (secondary N) is 2. The van der Waals surface area contributed by atoms with Gasteiger partial charge in [0.2, 0.25) is 10.0 Å². The molecule has 1 atom stereocenters. The van der Waals surface area contributed by atoms with Gasteiger partial charge in [-0.1, -0.05) is 17.7 Å². The van der Waals surface area contributed by atoms with Crippen molar-refractivity contribution in [1.82, 2.24) is 10.0 Å². The van der Waals surface area contributed by atoms with Gasteiger partial charge in [0.15, 0.2) is 0 Å². The minimum Gasteiger partial charge on any atom is -0.381 e. The van der Waals surface area contributed by atoms with E-state index in [4.69, 9.17) is 16.3 Å². The SMILES string of the molecule is CNCc1ccc(Cl)c(S(=O)(=O)NCCC2CCOC2)c1. The molecule has 2 N–H and O–H groups in total. The summed E-state index contributed by atoms with van der Waals surface area (Å²) >= 11 is 6.03. The van der Waals surface area contributed by atoms with E-state index in [1.807, 2.05) is 13.1 Å². The lowest BCUT2D eigenvalue weighted by atomic mass is 10.1. The quantitative estimate of drug-likeness (QED) is 0.798. The van der Waals surface area contributed by atoms with Crippen LogP contribution >= 0.6 is 11.6 Å². The van der Waals surface area contributed by atoms with Gasteiger partial charge in [-0.2, -0.15) is 0 Å². The van der Waals surface area contributed by atoms with E-state index in [9.17, 15) is 8.42 Å². The Labute approximate surface area is 131 Å². The molecule has 1 saturated heterocycles. The summed E-state index contributed by atoms with van der Waals surface area (Å²) in [6, 6.07) is 5.04. The zero-order valence-electron chi connectivity index (χ0n) is 12.1. The highest BCUT2D eigenvalue weighted by molar-refractivity contribution is 7.89. The summed E-state index contributed by atoms with van der Waals surface area (Å²) in [6.07, 6.45) is 1.78. The molecule has 7 heteroatoms. The fourth-order valence-corrected chi connectivity index (χ4v) is 3.95. The largest absolute Gasteiger partial charge is 0.381 e. The van der Waals surface area contributed by atoms with Crippen molar-refractivity contribution < 1.29 is 13.2 Å². The molecule has 0 radical (unpaired) electrons. The standard InChI is InChI=1S/C14H21ClN2O3S/c1-16-9-12-2-3-13(15)14(8-12)21(18,19)17-6-4-11-5-7-20-10-11/h2-3,8,11,16-17H,4-7,9-10H2,1H3. The highest BCUT2D eigenvalue weighted by Crippen LogP contribution is 2.23. The second kappa shape index (κ2) is 7.56. The molecule has 0 bridgehead atoms. The molecule has 0 aromatic heterocycles. The maximum absolute atomic E-state index is 12.3. The third-order valence-corrected chi connectivity index (χ3v) is 5.48. The Hall–Kier alpha value is -0.660. The summed E-state index contributed by atoms with van der Waals surface area (Å²) in [5.74, 6) is 0.443. The van der Waals surface area contributed by atoms with Crippen molar-refractivity contribution in [3.8, 4) is 0 Å². The van der Waals surface area contributed by atoms with Gasteiger partial charge in [0, 0.05) is 26.3 Å². The van der Waals surface area contributed by atoms with Crippen LogP contribution in [0.15, 0.2) is 23.1 Å². The van der Waals surface area contributed by atoms with E-state index in [1.165, 1.54) is 0 Å². The summed E-state index contributed by atoms with van der Waals surface area (Å²) in [4.78, 5) is 0.139. The van der Waals surface area contributed by atoms with Crippen LogP contribution in [0.25, 0.3) is 0 Å². The first-order valence-corrected chi connectivity index (χ1v) is 8.89. The molecule has 1 heterocycles. The van der Waals surface area contributed by atoms with E-state index in [2.05, 4.69) is 10.0 Å². The highest BCUT2D eigenvalue weighted by atomic mass is 35.5. The Morgan fingerprint density at radius 2 is 2.24 bits per heavy atom. The molecule has 1 aromatic rings. The molecule has 5 nitrogen and oxygen atoms in total. The first kappa shape index (κ1) is 16.7. The molecule has 2 rings (SSSR count). The van der Waals surface area contributed by atoms with Crippen LogP contribution in [-0.4, -0.2) is 35.2 Å². The van der Waals surface area contributed by atoms with Gasteiger partial charge >= 0.3 is 0 Å². The van der Waals surface area contributed by atoms with Crippen LogP contribution < -0.4 is 10.0 Å². The Balaban J connectivity index is 2.02. The topological polar surface area (TPSA) is 67.4 Å². The van der Waals surface area contributed by atoms with Gasteiger partial charge < -0.3 is 10.1 Å². The molecule has 0 amide bonds. The van der Waals surface area contributed by atoms with Crippen molar-refractivity contribution in [1.29, 1.82) is 0 Å². The van der Waals surface area contributed by atoms with Crippen LogP contribution in [0.2, 0.25) is 5.02 Å². The van der Waals surface area contributed by atoms with E-state index in [0.717, 1.165) is 31.6 Å². The van der Waals surface area contributed by atoms with Gasteiger partial charge in [-0.05, 0) is 43.5 Å². The summed E-state index contributed by atoms with van der Waals surface area (Å²) in [7, 11) is -1.76. The summed E-state index contributed by atoms with van der Waals surface area (Å²) in [5, 5.41) is 3.23. The third kappa shape index (κ3) is 4.66. The van der Waals surface area contributed by atoms with Gasteiger partial charge in [-0.15, -0.1) is 0 Å². The van der Waals surface area contributed by atoms with Crippen LogP contribution in [0, 0.1) is 5.92 Å². The third-order valence-electron chi connectivity index (χ3n) is 3.53. The molecule has 0 saturated carbocycles. The second-order valence-electron chi connectivity index (χ2n) is 5.21. The van der Waals surface area contributed by atoms with Crippen LogP contribution in [-0.2, 0) is 21.3 Å². The maximum Gasteiger partial charge on any atom is 0.242 e. The fraction of sp³-hybridized carbons (Fsp3) is 0.571. The molecule has 1 aliphatic heterocycles. The number of hydrogen-bond donors (Lipinski definition) is 2. The van der Waals surface area contributed by atoms with E-state index in [-0.39, 0.29) is 9.92 Å². The zero-order valence-corrected chi connectivity index (χ0v) is 13.6. The van der Waals surface area contributed by atoms with Gasteiger partial charge in [0.25, 0.3) is 0 Å². The van der Waals surface area contributed by atoms with Crippen molar-refractivity contribution in [2.24, 2.45) is 5.92 Å². The average Bonchev–Trinajstić information content (AvgIpc) is 2.94. The van der Waals surface area contributed by atoms with Crippen LogP contribution in [0.5, 0.6) is 0 Å².